The molecule has 4 nitrogen and oxygen atoms in total. The van der Waals surface area contributed by atoms with Crippen LogP contribution in [0.25, 0.3) is 0 Å². The summed E-state index contributed by atoms with van der Waals surface area (Å²) in [5.41, 5.74) is 6.28. The minimum absolute atomic E-state index is 0.287. The average Bonchev–Trinajstić information content (AvgIpc) is 2.26. The lowest BCUT2D eigenvalue weighted by Crippen LogP contribution is -2.05. The molecule has 0 amide bonds. The number of nitrogens with zero attached hydrogens (tertiary/aromatic N) is 2. The lowest BCUT2D eigenvalue weighted by Gasteiger charge is -2.05. The monoisotopic (exact) mass is 204 g/mol. The molecule has 0 radical (unpaired) electrons. The molecule has 1 heterocycles. The fraction of sp³-hybridized carbons (Fsp3) is 0.455. The number of nitrogens with two attached hydrogens (primary N) is 1. The summed E-state index contributed by atoms with van der Waals surface area (Å²) in [6.07, 6.45) is 3.51. The van der Waals surface area contributed by atoms with E-state index in [9.17, 15) is 0 Å². The summed E-state index contributed by atoms with van der Waals surface area (Å²) in [6.45, 7) is 3.05. The smallest absolute Gasteiger partial charge is 0.165 e. The summed E-state index contributed by atoms with van der Waals surface area (Å²) in [5, 5.41) is 11.9. The molecule has 0 aromatic carbocycles. The van der Waals surface area contributed by atoms with Crippen LogP contribution in [0.15, 0.2) is 12.1 Å². The molecule has 1 rings (SSSR count). The molecule has 0 unspecified atom stereocenters. The Kier molecular flexibility index (Phi) is 4.42. The molecule has 0 saturated heterocycles. The first-order valence-corrected chi connectivity index (χ1v) is 5.18. The number of pyridine rings is 1. The zero-order chi connectivity index (χ0) is 11.1. The molecule has 0 spiro atoms. The van der Waals surface area contributed by atoms with Crippen molar-refractivity contribution in [2.45, 2.75) is 26.2 Å². The van der Waals surface area contributed by atoms with E-state index in [1.54, 1.807) is 12.1 Å². The molecule has 80 valence electrons. The highest BCUT2D eigenvalue weighted by Gasteiger charge is 2.00. The number of hydrogen-bond acceptors (Lipinski definition) is 4. The van der Waals surface area contributed by atoms with Crippen LogP contribution >= 0.6 is 0 Å². The summed E-state index contributed by atoms with van der Waals surface area (Å²) in [4.78, 5) is 4.09. The van der Waals surface area contributed by atoms with E-state index in [0.717, 1.165) is 18.8 Å². The van der Waals surface area contributed by atoms with Crippen molar-refractivity contribution in [3.63, 3.8) is 0 Å². The van der Waals surface area contributed by atoms with Gasteiger partial charge in [0.25, 0.3) is 0 Å². The topological polar surface area (TPSA) is 74.7 Å². The molecule has 0 saturated carbocycles. The highest BCUT2D eigenvalue weighted by atomic mass is 15.0. The van der Waals surface area contributed by atoms with Crippen molar-refractivity contribution in [3.05, 3.63) is 17.8 Å². The molecule has 0 aliphatic rings. The third kappa shape index (κ3) is 3.47. The van der Waals surface area contributed by atoms with Crippen LogP contribution in [0.1, 0.15) is 31.9 Å². The van der Waals surface area contributed by atoms with Crippen molar-refractivity contribution >= 4 is 11.5 Å². The quantitative estimate of drug-likeness (QED) is 0.720. The predicted molar refractivity (Wildman–Crippen MR) is 61.4 cm³/mol. The van der Waals surface area contributed by atoms with Gasteiger partial charge in [-0.25, -0.2) is 4.98 Å². The van der Waals surface area contributed by atoms with E-state index in [4.69, 9.17) is 11.0 Å². The predicted octanol–water partition coefficient (Wildman–Crippen LogP) is 2.14. The SMILES string of the molecule is CCCCCNc1ccc(N)c(C#N)n1. The largest absolute Gasteiger partial charge is 0.396 e. The summed E-state index contributed by atoms with van der Waals surface area (Å²) in [7, 11) is 0. The van der Waals surface area contributed by atoms with Crippen molar-refractivity contribution in [1.29, 1.82) is 5.26 Å². The lowest BCUT2D eigenvalue weighted by molar-refractivity contribution is 0.742. The van der Waals surface area contributed by atoms with Crippen LogP contribution in [0, 0.1) is 11.3 Å². The summed E-state index contributed by atoms with van der Waals surface area (Å²) in [6, 6.07) is 5.46. The van der Waals surface area contributed by atoms with Crippen molar-refractivity contribution in [2.75, 3.05) is 17.6 Å². The second kappa shape index (κ2) is 5.86. The van der Waals surface area contributed by atoms with Crippen molar-refractivity contribution < 1.29 is 0 Å². The van der Waals surface area contributed by atoms with Crippen LogP contribution in [0.2, 0.25) is 0 Å². The van der Waals surface area contributed by atoms with Gasteiger partial charge in [-0.2, -0.15) is 5.26 Å². The average molecular weight is 204 g/mol. The molecular weight excluding hydrogens is 188 g/mol. The molecule has 0 aliphatic heterocycles. The lowest BCUT2D eigenvalue weighted by atomic mass is 10.2. The van der Waals surface area contributed by atoms with Crippen LogP contribution in [-0.4, -0.2) is 11.5 Å². The number of nitrogens with one attached hydrogen (secondary N) is 1. The number of rotatable bonds is 5. The van der Waals surface area contributed by atoms with Crippen LogP contribution in [-0.2, 0) is 0 Å². The maximum Gasteiger partial charge on any atom is 0.165 e. The van der Waals surface area contributed by atoms with E-state index in [1.807, 2.05) is 6.07 Å². The van der Waals surface area contributed by atoms with Crippen LogP contribution < -0.4 is 11.1 Å². The molecule has 4 heteroatoms. The zero-order valence-corrected chi connectivity index (χ0v) is 8.95. The summed E-state index contributed by atoms with van der Waals surface area (Å²) >= 11 is 0. The molecule has 15 heavy (non-hydrogen) atoms. The van der Waals surface area contributed by atoms with Gasteiger partial charge in [0.05, 0.1) is 5.69 Å². The first-order valence-electron chi connectivity index (χ1n) is 5.18. The highest BCUT2D eigenvalue weighted by molar-refractivity contribution is 5.54. The molecule has 3 N–H and O–H groups in total. The summed E-state index contributed by atoms with van der Waals surface area (Å²) < 4.78 is 0. The van der Waals surface area contributed by atoms with Gasteiger partial charge in [0.2, 0.25) is 0 Å². The van der Waals surface area contributed by atoms with Gasteiger partial charge in [-0.1, -0.05) is 19.8 Å². The second-order valence-corrected chi connectivity index (χ2v) is 3.38. The van der Waals surface area contributed by atoms with E-state index in [2.05, 4.69) is 17.2 Å². The van der Waals surface area contributed by atoms with Crippen LogP contribution in [0.3, 0.4) is 0 Å². The van der Waals surface area contributed by atoms with E-state index < -0.39 is 0 Å². The number of nitrogen functional groups attached to an aromatic ring is 1. The van der Waals surface area contributed by atoms with Gasteiger partial charge < -0.3 is 11.1 Å². The number of hydrogen-bond donors (Lipinski definition) is 2. The van der Waals surface area contributed by atoms with Gasteiger partial charge in [0, 0.05) is 6.54 Å². The number of aromatic nitrogens is 1. The third-order valence-corrected chi connectivity index (χ3v) is 2.12. The number of anilines is 2. The standard InChI is InChI=1S/C11H16N4/c1-2-3-4-7-14-11-6-5-9(13)10(8-12)15-11/h5-6H,2-4,7,13H2,1H3,(H,14,15). The Morgan fingerprint density at radius 3 is 2.93 bits per heavy atom. The van der Waals surface area contributed by atoms with Crippen LogP contribution in [0.5, 0.6) is 0 Å². The van der Waals surface area contributed by atoms with Gasteiger partial charge >= 0.3 is 0 Å². The van der Waals surface area contributed by atoms with Gasteiger partial charge in [0.1, 0.15) is 11.9 Å². The first kappa shape index (κ1) is 11.3. The Morgan fingerprint density at radius 2 is 2.27 bits per heavy atom. The molecule has 1 aromatic heterocycles. The third-order valence-electron chi connectivity index (χ3n) is 2.12. The zero-order valence-electron chi connectivity index (χ0n) is 8.95. The number of nitriles is 1. The second-order valence-electron chi connectivity index (χ2n) is 3.38. The summed E-state index contributed by atoms with van der Waals surface area (Å²) in [5.74, 6) is 0.719. The molecule has 0 aliphatic carbocycles. The Labute approximate surface area is 90.1 Å². The minimum atomic E-state index is 0.287. The van der Waals surface area contributed by atoms with E-state index in [-0.39, 0.29) is 5.69 Å². The first-order chi connectivity index (χ1) is 7.27. The Bertz CT molecular complexity index is 354. The van der Waals surface area contributed by atoms with Crippen molar-refractivity contribution in [2.24, 2.45) is 0 Å². The number of unbranched alkanes of at least 4 members (excludes halogenated alkanes) is 2. The highest BCUT2D eigenvalue weighted by Crippen LogP contribution is 2.12. The normalized spacial score (nSPS) is 9.60. The molecular formula is C11H16N4. The molecule has 0 fully saturated rings. The van der Waals surface area contributed by atoms with Gasteiger partial charge in [-0.15, -0.1) is 0 Å². The van der Waals surface area contributed by atoms with Gasteiger partial charge in [-0.3, -0.25) is 0 Å². The van der Waals surface area contributed by atoms with E-state index in [0.29, 0.717) is 5.69 Å². The molecule has 0 atom stereocenters. The minimum Gasteiger partial charge on any atom is -0.396 e. The molecule has 0 bridgehead atoms. The Balaban J connectivity index is 2.52. The van der Waals surface area contributed by atoms with Crippen molar-refractivity contribution in [1.82, 2.24) is 4.98 Å². The molecule has 1 aromatic rings. The van der Waals surface area contributed by atoms with Gasteiger partial charge in [0.15, 0.2) is 5.69 Å². The van der Waals surface area contributed by atoms with Crippen molar-refractivity contribution in [3.8, 4) is 6.07 Å². The maximum atomic E-state index is 8.73. The van der Waals surface area contributed by atoms with Crippen LogP contribution in [0.4, 0.5) is 11.5 Å². The Hall–Kier alpha value is -1.76. The fourth-order valence-electron chi connectivity index (χ4n) is 1.25. The van der Waals surface area contributed by atoms with E-state index >= 15 is 0 Å². The maximum absolute atomic E-state index is 8.73. The van der Waals surface area contributed by atoms with E-state index in [1.165, 1.54) is 12.8 Å². The van der Waals surface area contributed by atoms with Gasteiger partial charge in [-0.05, 0) is 18.6 Å². The Morgan fingerprint density at radius 1 is 1.47 bits per heavy atom. The fourth-order valence-corrected chi connectivity index (χ4v) is 1.25.